The Balaban J connectivity index is 1.45. The number of nitrogens with zero attached hydrogens (tertiary/aromatic N) is 1. The molecule has 0 atom stereocenters. The van der Waals surface area contributed by atoms with Crippen LogP contribution in [-0.2, 0) is 31.3 Å². The number of hydrogen-bond donors (Lipinski definition) is 2. The summed E-state index contributed by atoms with van der Waals surface area (Å²) in [5, 5.41) is 2.77. The van der Waals surface area contributed by atoms with Gasteiger partial charge in [0.15, 0.2) is 6.61 Å². The number of nitrogens with one attached hydrogen (secondary N) is 2. The maximum atomic E-state index is 12.6. The molecule has 1 saturated heterocycles. The molecule has 35 heavy (non-hydrogen) atoms. The molecule has 1 aliphatic rings. The van der Waals surface area contributed by atoms with Gasteiger partial charge in [-0.3, -0.25) is 4.79 Å². The van der Waals surface area contributed by atoms with Crippen LogP contribution in [0.1, 0.15) is 37.3 Å². The van der Waals surface area contributed by atoms with E-state index in [0.29, 0.717) is 50.3 Å². The largest absolute Gasteiger partial charge is 0.484 e. The monoisotopic (exact) mass is 523 g/mol. The van der Waals surface area contributed by atoms with E-state index >= 15 is 0 Å². The number of ether oxygens (including phenoxy) is 1. The second-order valence-corrected chi connectivity index (χ2v) is 12.2. The lowest BCUT2D eigenvalue weighted by Crippen LogP contribution is -2.30. The quantitative estimate of drug-likeness (QED) is 0.440. The van der Waals surface area contributed by atoms with E-state index in [4.69, 9.17) is 4.74 Å². The van der Waals surface area contributed by atoms with E-state index in [0.717, 1.165) is 18.4 Å². The number of aryl methyl sites for hydroxylation is 1. The van der Waals surface area contributed by atoms with E-state index in [9.17, 15) is 21.6 Å². The number of rotatable bonds is 12. The Morgan fingerprint density at radius 2 is 1.63 bits per heavy atom. The first kappa shape index (κ1) is 27.1. The van der Waals surface area contributed by atoms with Gasteiger partial charge in [-0.15, -0.1) is 0 Å². The van der Waals surface area contributed by atoms with Crippen LogP contribution in [0, 0.1) is 6.92 Å². The van der Waals surface area contributed by atoms with Gasteiger partial charge in [-0.2, -0.15) is 4.31 Å². The fourth-order valence-electron chi connectivity index (χ4n) is 3.72. The zero-order valence-electron chi connectivity index (χ0n) is 20.1. The van der Waals surface area contributed by atoms with E-state index in [1.807, 2.05) is 6.92 Å². The maximum Gasteiger partial charge on any atom is 0.257 e. The topological polar surface area (TPSA) is 122 Å². The number of amides is 1. The van der Waals surface area contributed by atoms with Crippen LogP contribution < -0.4 is 14.8 Å². The van der Waals surface area contributed by atoms with E-state index in [1.165, 1.54) is 16.4 Å². The molecule has 1 heterocycles. The summed E-state index contributed by atoms with van der Waals surface area (Å²) in [5.41, 5.74) is 1.53. The first-order valence-electron chi connectivity index (χ1n) is 11.7. The normalized spacial score (nSPS) is 14.7. The molecule has 2 N–H and O–H groups in total. The molecule has 11 heteroatoms. The average molecular weight is 524 g/mol. The predicted octanol–water partition coefficient (Wildman–Crippen LogP) is 2.21. The van der Waals surface area contributed by atoms with Crippen molar-refractivity contribution in [2.45, 2.75) is 49.3 Å². The first-order chi connectivity index (χ1) is 16.6. The van der Waals surface area contributed by atoms with Gasteiger partial charge >= 0.3 is 0 Å². The van der Waals surface area contributed by atoms with Crippen LogP contribution >= 0.6 is 0 Å². The first-order valence-corrected chi connectivity index (χ1v) is 14.6. The predicted molar refractivity (Wildman–Crippen MR) is 133 cm³/mol. The Labute approximate surface area is 208 Å². The summed E-state index contributed by atoms with van der Waals surface area (Å²) in [5.74, 6) is 0.128. The van der Waals surface area contributed by atoms with Crippen LogP contribution in [0.15, 0.2) is 52.3 Å². The minimum atomic E-state index is -3.57. The minimum Gasteiger partial charge on any atom is -0.484 e. The molecule has 0 spiro atoms. The lowest BCUT2D eigenvalue weighted by molar-refractivity contribution is -0.123. The Morgan fingerprint density at radius 3 is 2.26 bits per heavy atom. The molecule has 1 amide bonds. The SMILES string of the molecule is CCCNS(=O)(=O)c1ccc(OCC(=O)NCCc2ccc(S(=O)(=O)N3CCCC3)cc2)c(C)c1. The molecule has 0 radical (unpaired) electrons. The van der Waals surface area contributed by atoms with Gasteiger partial charge in [0.05, 0.1) is 9.79 Å². The third-order valence-electron chi connectivity index (χ3n) is 5.72. The maximum absolute atomic E-state index is 12.6. The molecule has 192 valence electrons. The van der Waals surface area contributed by atoms with Gasteiger partial charge in [-0.25, -0.2) is 21.6 Å². The van der Waals surface area contributed by atoms with Crippen LogP contribution in [0.3, 0.4) is 0 Å². The highest BCUT2D eigenvalue weighted by Gasteiger charge is 2.26. The van der Waals surface area contributed by atoms with Crippen LogP contribution in [0.5, 0.6) is 5.75 Å². The van der Waals surface area contributed by atoms with Crippen molar-refractivity contribution in [3.8, 4) is 5.75 Å². The summed E-state index contributed by atoms with van der Waals surface area (Å²) in [6, 6.07) is 11.3. The van der Waals surface area contributed by atoms with Crippen molar-refractivity contribution >= 4 is 26.0 Å². The highest BCUT2D eigenvalue weighted by Crippen LogP contribution is 2.22. The van der Waals surface area contributed by atoms with E-state index in [-0.39, 0.29) is 22.3 Å². The molecule has 1 aliphatic heterocycles. The molecule has 2 aromatic rings. The molecule has 0 aliphatic carbocycles. The minimum absolute atomic E-state index is 0.152. The highest BCUT2D eigenvalue weighted by molar-refractivity contribution is 7.89. The van der Waals surface area contributed by atoms with Gasteiger partial charge in [0.25, 0.3) is 5.91 Å². The molecule has 3 rings (SSSR count). The Morgan fingerprint density at radius 1 is 0.971 bits per heavy atom. The smallest absolute Gasteiger partial charge is 0.257 e. The second kappa shape index (κ2) is 12.0. The molecule has 0 saturated carbocycles. The van der Waals surface area contributed by atoms with Gasteiger partial charge in [0.2, 0.25) is 20.0 Å². The number of sulfonamides is 2. The molecular formula is C24H33N3O6S2. The van der Waals surface area contributed by atoms with Crippen molar-refractivity contribution in [2.24, 2.45) is 0 Å². The lowest BCUT2D eigenvalue weighted by atomic mass is 10.1. The molecule has 0 unspecified atom stereocenters. The summed E-state index contributed by atoms with van der Waals surface area (Å²) in [4.78, 5) is 12.6. The van der Waals surface area contributed by atoms with Crippen LogP contribution in [0.25, 0.3) is 0 Å². The number of hydrogen-bond acceptors (Lipinski definition) is 6. The molecular weight excluding hydrogens is 490 g/mol. The van der Waals surface area contributed by atoms with Gasteiger partial charge in [0.1, 0.15) is 5.75 Å². The van der Waals surface area contributed by atoms with Crippen molar-refractivity contribution < 1.29 is 26.4 Å². The number of benzene rings is 2. The summed E-state index contributed by atoms with van der Waals surface area (Å²) in [6.07, 6.45) is 3.03. The van der Waals surface area contributed by atoms with E-state index in [1.54, 1.807) is 37.3 Å². The summed E-state index contributed by atoms with van der Waals surface area (Å²) in [7, 11) is -7.00. The Bertz CT molecular complexity index is 1220. The van der Waals surface area contributed by atoms with Crippen molar-refractivity contribution in [1.29, 1.82) is 0 Å². The van der Waals surface area contributed by atoms with Crippen LogP contribution in [0.4, 0.5) is 0 Å². The molecule has 0 bridgehead atoms. The van der Waals surface area contributed by atoms with Gasteiger partial charge < -0.3 is 10.1 Å². The Hall–Kier alpha value is -2.47. The number of carbonyl (C=O) groups excluding carboxylic acids is 1. The van der Waals surface area contributed by atoms with Crippen molar-refractivity contribution in [3.63, 3.8) is 0 Å². The summed E-state index contributed by atoms with van der Waals surface area (Å²) < 4.78 is 59.2. The van der Waals surface area contributed by atoms with Crippen molar-refractivity contribution in [1.82, 2.24) is 14.3 Å². The Kier molecular flexibility index (Phi) is 9.28. The van der Waals surface area contributed by atoms with Crippen LogP contribution in [-0.4, -0.2) is 59.8 Å². The zero-order chi connectivity index (χ0) is 25.5. The van der Waals surface area contributed by atoms with Gasteiger partial charge in [-0.1, -0.05) is 19.1 Å². The highest BCUT2D eigenvalue weighted by atomic mass is 32.2. The average Bonchev–Trinajstić information content (AvgIpc) is 3.38. The summed E-state index contributed by atoms with van der Waals surface area (Å²) >= 11 is 0. The molecule has 9 nitrogen and oxygen atoms in total. The fourth-order valence-corrected chi connectivity index (χ4v) is 6.45. The van der Waals surface area contributed by atoms with Crippen molar-refractivity contribution in [2.75, 3.05) is 32.8 Å². The lowest BCUT2D eigenvalue weighted by Gasteiger charge is -2.15. The van der Waals surface area contributed by atoms with Gasteiger partial charge in [0, 0.05) is 26.2 Å². The van der Waals surface area contributed by atoms with Gasteiger partial charge in [-0.05, 0) is 74.1 Å². The van der Waals surface area contributed by atoms with E-state index < -0.39 is 20.0 Å². The van der Waals surface area contributed by atoms with E-state index in [2.05, 4.69) is 10.0 Å². The molecule has 1 fully saturated rings. The van der Waals surface area contributed by atoms with Crippen LogP contribution in [0.2, 0.25) is 0 Å². The summed E-state index contributed by atoms with van der Waals surface area (Å²) in [6.45, 7) is 5.28. The zero-order valence-corrected chi connectivity index (χ0v) is 21.8. The molecule has 0 aromatic heterocycles. The third-order valence-corrected chi connectivity index (χ3v) is 9.09. The standard InChI is InChI=1S/C24H33N3O6S2/c1-3-13-26-34(29,30)22-10-11-23(19(2)17-22)33-18-24(28)25-14-12-20-6-8-21(9-7-20)35(31,32)27-15-4-5-16-27/h6-11,17,26H,3-5,12-16,18H2,1-2H3,(H,25,28). The third kappa shape index (κ3) is 7.26. The number of carbonyl (C=O) groups is 1. The molecule has 2 aromatic carbocycles. The second-order valence-electron chi connectivity index (χ2n) is 8.47. The fraction of sp³-hybridized carbons (Fsp3) is 0.458. The van der Waals surface area contributed by atoms with Crippen molar-refractivity contribution in [3.05, 3.63) is 53.6 Å².